The van der Waals surface area contributed by atoms with E-state index in [4.69, 9.17) is 4.74 Å². The van der Waals surface area contributed by atoms with Gasteiger partial charge in [0.15, 0.2) is 6.10 Å². The number of carbonyl (C=O) groups excluding carboxylic acids is 1. The van der Waals surface area contributed by atoms with Gasteiger partial charge in [-0.25, -0.2) is 4.79 Å². The lowest BCUT2D eigenvalue weighted by atomic mass is 10.00. The fraction of sp³-hybridized carbons (Fsp3) is 0.364. The van der Waals surface area contributed by atoms with E-state index in [9.17, 15) is 9.90 Å². The summed E-state index contributed by atoms with van der Waals surface area (Å²) in [4.78, 5) is 11.1. The zero-order valence-electron chi connectivity index (χ0n) is 7.51. The molecule has 0 bridgehead atoms. The second kappa shape index (κ2) is 2.58. The van der Waals surface area contributed by atoms with E-state index in [2.05, 4.69) is 0 Å². The van der Waals surface area contributed by atoms with Crippen molar-refractivity contribution in [2.75, 3.05) is 0 Å². The van der Waals surface area contributed by atoms with E-state index in [0.717, 1.165) is 12.0 Å². The van der Waals surface area contributed by atoms with Gasteiger partial charge in [-0.3, -0.25) is 0 Å². The fourth-order valence-electron chi connectivity index (χ4n) is 2.39. The summed E-state index contributed by atoms with van der Waals surface area (Å²) in [5.41, 5.74) is 2.25. The van der Waals surface area contributed by atoms with Crippen LogP contribution in [0.15, 0.2) is 24.3 Å². The van der Waals surface area contributed by atoms with Crippen LogP contribution in [0.4, 0.5) is 0 Å². The Hall–Kier alpha value is -1.35. The van der Waals surface area contributed by atoms with Crippen molar-refractivity contribution >= 4 is 5.97 Å². The molecule has 0 amide bonds. The van der Waals surface area contributed by atoms with Gasteiger partial charge in [0.1, 0.15) is 6.10 Å². The number of hydrogen-bond acceptors (Lipinski definition) is 3. The summed E-state index contributed by atoms with van der Waals surface area (Å²) in [5, 5.41) is 9.57. The number of esters is 1. The van der Waals surface area contributed by atoms with Gasteiger partial charge < -0.3 is 9.84 Å². The van der Waals surface area contributed by atoms with Crippen LogP contribution in [0.5, 0.6) is 0 Å². The van der Waals surface area contributed by atoms with Crippen molar-refractivity contribution in [2.24, 2.45) is 5.92 Å². The van der Waals surface area contributed by atoms with Crippen molar-refractivity contribution in [1.29, 1.82) is 0 Å². The minimum atomic E-state index is -0.938. The van der Waals surface area contributed by atoms with Gasteiger partial charge >= 0.3 is 5.97 Å². The number of rotatable bonds is 0. The van der Waals surface area contributed by atoms with Crippen LogP contribution < -0.4 is 0 Å². The van der Waals surface area contributed by atoms with Crippen LogP contribution >= 0.6 is 0 Å². The minimum absolute atomic E-state index is 0.0695. The molecular formula is C11H10O3. The number of aliphatic hydroxyl groups excluding tert-OH is 1. The first-order valence-electron chi connectivity index (χ1n) is 4.74. The number of ether oxygens (including phenoxy) is 1. The summed E-state index contributed by atoms with van der Waals surface area (Å²) in [6.45, 7) is 0. The Morgan fingerprint density at radius 1 is 1.36 bits per heavy atom. The number of aliphatic hydroxyl groups is 1. The van der Waals surface area contributed by atoms with Crippen molar-refractivity contribution in [3.63, 3.8) is 0 Å². The van der Waals surface area contributed by atoms with Crippen molar-refractivity contribution < 1.29 is 14.6 Å². The molecule has 3 atom stereocenters. The van der Waals surface area contributed by atoms with Gasteiger partial charge in [-0.15, -0.1) is 0 Å². The number of hydrogen-bond donors (Lipinski definition) is 1. The first-order valence-corrected chi connectivity index (χ1v) is 4.74. The van der Waals surface area contributed by atoms with Crippen LogP contribution in [-0.4, -0.2) is 17.2 Å². The molecule has 1 heterocycles. The van der Waals surface area contributed by atoms with Crippen LogP contribution in [0.1, 0.15) is 17.2 Å². The standard InChI is InChI=1S/C11H10O3/c12-9-8-5-6-3-1-2-4-7(6)10(8)14-11(9)13/h1-4,8-10,12H,5H2/t8-,9+,10-/m1/s1. The van der Waals surface area contributed by atoms with Gasteiger partial charge in [-0.1, -0.05) is 24.3 Å². The topological polar surface area (TPSA) is 46.5 Å². The summed E-state index contributed by atoms with van der Waals surface area (Å²) in [6, 6.07) is 7.88. The molecule has 0 aromatic heterocycles. The summed E-state index contributed by atoms with van der Waals surface area (Å²) >= 11 is 0. The zero-order valence-corrected chi connectivity index (χ0v) is 7.51. The predicted molar refractivity (Wildman–Crippen MR) is 48.5 cm³/mol. The monoisotopic (exact) mass is 190 g/mol. The molecule has 0 spiro atoms. The highest BCUT2D eigenvalue weighted by atomic mass is 16.6. The predicted octanol–water partition coefficient (Wildman–Crippen LogP) is 0.818. The third kappa shape index (κ3) is 0.876. The molecular weight excluding hydrogens is 180 g/mol. The largest absolute Gasteiger partial charge is 0.455 e. The highest BCUT2D eigenvalue weighted by molar-refractivity contribution is 5.78. The molecule has 0 radical (unpaired) electrons. The van der Waals surface area contributed by atoms with Gasteiger partial charge in [0.25, 0.3) is 0 Å². The molecule has 1 aliphatic heterocycles. The van der Waals surface area contributed by atoms with E-state index in [1.165, 1.54) is 5.56 Å². The average Bonchev–Trinajstić information content (AvgIpc) is 2.67. The Morgan fingerprint density at radius 3 is 3.00 bits per heavy atom. The van der Waals surface area contributed by atoms with Crippen molar-refractivity contribution in [3.8, 4) is 0 Å². The van der Waals surface area contributed by atoms with E-state index >= 15 is 0 Å². The van der Waals surface area contributed by atoms with Crippen LogP contribution in [-0.2, 0) is 16.0 Å². The van der Waals surface area contributed by atoms with E-state index < -0.39 is 12.1 Å². The molecule has 14 heavy (non-hydrogen) atoms. The first kappa shape index (κ1) is 8.00. The zero-order chi connectivity index (χ0) is 9.71. The van der Waals surface area contributed by atoms with E-state index in [0.29, 0.717) is 0 Å². The molecule has 3 heteroatoms. The van der Waals surface area contributed by atoms with E-state index in [1.54, 1.807) is 0 Å². The quantitative estimate of drug-likeness (QED) is 0.616. The van der Waals surface area contributed by atoms with Gasteiger partial charge in [-0.05, 0) is 17.5 Å². The Labute approximate surface area is 81.3 Å². The molecule has 72 valence electrons. The van der Waals surface area contributed by atoms with E-state index in [-0.39, 0.29) is 12.0 Å². The van der Waals surface area contributed by atoms with Gasteiger partial charge in [-0.2, -0.15) is 0 Å². The molecule has 3 rings (SSSR count). The number of carbonyl (C=O) groups is 1. The fourth-order valence-corrected chi connectivity index (χ4v) is 2.39. The molecule has 0 unspecified atom stereocenters. The molecule has 1 aromatic rings. The molecule has 2 aliphatic rings. The lowest BCUT2D eigenvalue weighted by molar-refractivity contribution is -0.147. The number of fused-ring (bicyclic) bond motifs is 3. The summed E-state index contributed by atoms with van der Waals surface area (Å²) < 4.78 is 5.14. The molecule has 0 saturated carbocycles. The molecule has 1 N–H and O–H groups in total. The highest BCUT2D eigenvalue weighted by Gasteiger charge is 2.48. The summed E-state index contributed by atoms with van der Waals surface area (Å²) in [6.07, 6.45) is -0.408. The van der Waals surface area contributed by atoms with Crippen LogP contribution in [0, 0.1) is 5.92 Å². The highest BCUT2D eigenvalue weighted by Crippen LogP contribution is 2.44. The lowest BCUT2D eigenvalue weighted by Crippen LogP contribution is -2.21. The van der Waals surface area contributed by atoms with Gasteiger partial charge in [0, 0.05) is 5.92 Å². The third-order valence-corrected chi connectivity index (χ3v) is 3.10. The maximum Gasteiger partial charge on any atom is 0.336 e. The Kier molecular flexibility index (Phi) is 1.47. The Balaban J connectivity index is 2.06. The first-order chi connectivity index (χ1) is 6.77. The molecule has 1 saturated heterocycles. The number of benzene rings is 1. The lowest BCUT2D eigenvalue weighted by Gasteiger charge is -2.07. The smallest absolute Gasteiger partial charge is 0.336 e. The van der Waals surface area contributed by atoms with Gasteiger partial charge in [0.05, 0.1) is 0 Å². The molecule has 1 fully saturated rings. The van der Waals surface area contributed by atoms with Gasteiger partial charge in [0.2, 0.25) is 0 Å². The Morgan fingerprint density at radius 2 is 2.14 bits per heavy atom. The van der Waals surface area contributed by atoms with E-state index in [1.807, 2.05) is 24.3 Å². The maximum absolute atomic E-state index is 11.1. The van der Waals surface area contributed by atoms with Crippen LogP contribution in [0.3, 0.4) is 0 Å². The summed E-state index contributed by atoms with van der Waals surface area (Å²) in [5.74, 6) is -0.547. The second-order valence-corrected chi connectivity index (χ2v) is 3.87. The maximum atomic E-state index is 11.1. The molecule has 3 nitrogen and oxygen atoms in total. The SMILES string of the molecule is O=C1O[C@@H]2c3ccccc3C[C@@H]2[C@@H]1O. The second-order valence-electron chi connectivity index (χ2n) is 3.87. The minimum Gasteiger partial charge on any atom is -0.455 e. The third-order valence-electron chi connectivity index (χ3n) is 3.10. The molecule has 1 aliphatic carbocycles. The summed E-state index contributed by atoms with van der Waals surface area (Å²) in [7, 11) is 0. The normalized spacial score (nSPS) is 33.8. The molecule has 1 aromatic carbocycles. The Bertz CT molecular complexity index is 399. The van der Waals surface area contributed by atoms with Crippen molar-refractivity contribution in [2.45, 2.75) is 18.6 Å². The van der Waals surface area contributed by atoms with Crippen molar-refractivity contribution in [1.82, 2.24) is 0 Å². The van der Waals surface area contributed by atoms with Crippen LogP contribution in [0.25, 0.3) is 0 Å². The van der Waals surface area contributed by atoms with Crippen molar-refractivity contribution in [3.05, 3.63) is 35.4 Å². The van der Waals surface area contributed by atoms with Crippen LogP contribution in [0.2, 0.25) is 0 Å². The average molecular weight is 190 g/mol.